The Labute approximate surface area is 173 Å². The van der Waals surface area contributed by atoms with Crippen molar-refractivity contribution in [3.8, 4) is 5.69 Å². The minimum Gasteiger partial charge on any atom is -0.307 e. The maximum absolute atomic E-state index is 12.6. The van der Waals surface area contributed by atoms with Crippen molar-refractivity contribution in [2.75, 3.05) is 5.32 Å². The predicted molar refractivity (Wildman–Crippen MR) is 117 cm³/mol. The molecule has 6 heteroatoms. The zero-order valence-corrected chi connectivity index (χ0v) is 17.3. The first-order valence-corrected chi connectivity index (χ1v) is 10.6. The Hall–Kier alpha value is -2.50. The number of nitrogens with zero attached hydrogens (tertiary/aromatic N) is 2. The van der Waals surface area contributed by atoms with Crippen molar-refractivity contribution < 1.29 is 4.79 Å². The molecule has 2 aromatic carbocycles. The molecule has 0 unspecified atom stereocenters. The van der Waals surface area contributed by atoms with E-state index in [1.54, 1.807) is 12.1 Å². The van der Waals surface area contributed by atoms with E-state index < -0.39 is 0 Å². The van der Waals surface area contributed by atoms with E-state index in [0.29, 0.717) is 5.02 Å². The number of benzene rings is 2. The molecule has 1 aromatic heterocycles. The van der Waals surface area contributed by atoms with Crippen LogP contribution in [0.5, 0.6) is 0 Å². The average molecular weight is 410 g/mol. The number of fused-ring (bicyclic) bond motifs is 1. The van der Waals surface area contributed by atoms with Gasteiger partial charge in [-0.3, -0.25) is 4.79 Å². The summed E-state index contributed by atoms with van der Waals surface area (Å²) in [5, 5.41) is 8.43. The minimum atomic E-state index is -0.203. The number of rotatable bonds is 4. The lowest BCUT2D eigenvalue weighted by atomic mass is 10.1. The molecule has 0 bridgehead atoms. The summed E-state index contributed by atoms with van der Waals surface area (Å²) in [6, 6.07) is 13.7. The smallest absolute Gasteiger partial charge is 0.249 e. The van der Waals surface area contributed by atoms with Gasteiger partial charge in [-0.15, -0.1) is 0 Å². The fourth-order valence-electron chi connectivity index (χ4n) is 3.29. The molecule has 0 saturated carbocycles. The van der Waals surface area contributed by atoms with Gasteiger partial charge in [0.05, 0.1) is 11.4 Å². The summed E-state index contributed by atoms with van der Waals surface area (Å²) in [6.07, 6.45) is 3.24. The van der Waals surface area contributed by atoms with Gasteiger partial charge in [-0.05, 0) is 43.2 Å². The number of carbonyl (C=O) groups excluding carboxylic acids is 1. The first-order chi connectivity index (χ1) is 13.5. The van der Waals surface area contributed by atoms with Gasteiger partial charge in [-0.1, -0.05) is 47.5 Å². The first-order valence-electron chi connectivity index (χ1n) is 9.02. The molecule has 142 valence electrons. The Bertz CT molecular complexity index is 1090. The van der Waals surface area contributed by atoms with Crippen molar-refractivity contribution in [1.82, 2.24) is 9.78 Å². The van der Waals surface area contributed by atoms with Gasteiger partial charge in [0.15, 0.2) is 0 Å². The van der Waals surface area contributed by atoms with Crippen LogP contribution in [0.25, 0.3) is 11.8 Å². The van der Waals surface area contributed by atoms with E-state index in [1.165, 1.54) is 11.6 Å². The van der Waals surface area contributed by atoms with Gasteiger partial charge in [0.1, 0.15) is 5.82 Å². The van der Waals surface area contributed by atoms with Crippen LogP contribution in [0.15, 0.2) is 48.5 Å². The second-order valence-electron chi connectivity index (χ2n) is 6.81. The first kappa shape index (κ1) is 18.8. The van der Waals surface area contributed by atoms with Crippen LogP contribution in [0, 0.1) is 13.8 Å². The topological polar surface area (TPSA) is 46.9 Å². The van der Waals surface area contributed by atoms with Crippen LogP contribution in [-0.4, -0.2) is 15.7 Å². The third-order valence-electron chi connectivity index (χ3n) is 4.69. The van der Waals surface area contributed by atoms with E-state index in [4.69, 9.17) is 16.7 Å². The number of thioether (sulfide) groups is 1. The Morgan fingerprint density at radius 1 is 1.21 bits per heavy atom. The highest BCUT2D eigenvalue weighted by Gasteiger charge is 2.24. The molecule has 2 heterocycles. The summed E-state index contributed by atoms with van der Waals surface area (Å²) in [4.78, 5) is 12.6. The summed E-state index contributed by atoms with van der Waals surface area (Å²) >= 11 is 7.97. The van der Waals surface area contributed by atoms with Crippen LogP contribution in [-0.2, 0) is 16.3 Å². The number of hydrogen-bond acceptors (Lipinski definition) is 3. The van der Waals surface area contributed by atoms with Crippen molar-refractivity contribution in [3.63, 3.8) is 0 Å². The molecule has 0 atom stereocenters. The molecule has 1 aliphatic heterocycles. The monoisotopic (exact) mass is 409 g/mol. The number of aryl methyl sites for hydroxylation is 2. The number of hydrogen-bond donors (Lipinski definition) is 1. The Morgan fingerprint density at radius 3 is 2.82 bits per heavy atom. The lowest BCUT2D eigenvalue weighted by Crippen LogP contribution is -2.14. The van der Waals surface area contributed by atoms with Crippen molar-refractivity contribution in [2.45, 2.75) is 25.4 Å². The number of carbonyl (C=O) groups is 1. The minimum absolute atomic E-state index is 0.203. The van der Waals surface area contributed by atoms with E-state index in [2.05, 4.69) is 37.4 Å². The molecule has 3 aromatic rings. The molecular weight excluding hydrogens is 390 g/mol. The third kappa shape index (κ3) is 3.73. The van der Waals surface area contributed by atoms with Crippen LogP contribution in [0.1, 0.15) is 27.9 Å². The molecule has 0 radical (unpaired) electrons. The summed E-state index contributed by atoms with van der Waals surface area (Å²) < 4.78 is 1.86. The molecule has 4 nitrogen and oxygen atoms in total. The normalized spacial score (nSPS) is 13.1. The SMILES string of the molecule is Cc1ccc(-n2nc3c(c2NC(=O)/C=C/c2ccccc2Cl)CSC3)c(C)c1. The lowest BCUT2D eigenvalue weighted by molar-refractivity contribution is -0.111. The highest BCUT2D eigenvalue weighted by atomic mass is 35.5. The highest BCUT2D eigenvalue weighted by molar-refractivity contribution is 7.98. The zero-order chi connectivity index (χ0) is 19.7. The summed E-state index contributed by atoms with van der Waals surface area (Å²) in [5.41, 5.74) is 6.25. The van der Waals surface area contributed by atoms with E-state index in [1.807, 2.05) is 34.6 Å². The molecule has 1 N–H and O–H groups in total. The van der Waals surface area contributed by atoms with Crippen molar-refractivity contribution >= 4 is 41.2 Å². The number of aromatic nitrogens is 2. The second kappa shape index (κ2) is 7.86. The van der Waals surface area contributed by atoms with Crippen molar-refractivity contribution in [2.24, 2.45) is 0 Å². The van der Waals surface area contributed by atoms with Crippen LogP contribution in [0.4, 0.5) is 5.82 Å². The zero-order valence-electron chi connectivity index (χ0n) is 15.7. The Kier molecular flexibility index (Phi) is 5.29. The van der Waals surface area contributed by atoms with Gasteiger partial charge in [-0.2, -0.15) is 16.9 Å². The molecule has 1 amide bonds. The van der Waals surface area contributed by atoms with E-state index in [-0.39, 0.29) is 5.91 Å². The van der Waals surface area contributed by atoms with E-state index in [0.717, 1.165) is 45.4 Å². The highest BCUT2D eigenvalue weighted by Crippen LogP contribution is 2.36. The van der Waals surface area contributed by atoms with E-state index in [9.17, 15) is 4.79 Å². The van der Waals surface area contributed by atoms with Crippen LogP contribution >= 0.6 is 23.4 Å². The number of nitrogens with one attached hydrogen (secondary N) is 1. The standard InChI is InChI=1S/C22H20ClN3OS/c1-14-7-9-20(15(2)11-14)26-22(17-12-28-13-19(17)25-26)24-21(27)10-8-16-5-3-4-6-18(16)23/h3-11H,12-13H2,1-2H3,(H,24,27)/b10-8+. The quantitative estimate of drug-likeness (QED) is 0.575. The molecule has 0 spiro atoms. The molecule has 0 fully saturated rings. The predicted octanol–water partition coefficient (Wildman–Crippen LogP) is 5.54. The number of halogens is 1. The van der Waals surface area contributed by atoms with Gasteiger partial charge in [-0.25, -0.2) is 4.68 Å². The van der Waals surface area contributed by atoms with Crippen LogP contribution < -0.4 is 5.32 Å². The maximum Gasteiger partial charge on any atom is 0.249 e. The summed E-state index contributed by atoms with van der Waals surface area (Å²) in [7, 11) is 0. The Balaban J connectivity index is 1.66. The van der Waals surface area contributed by atoms with Crippen LogP contribution in [0.3, 0.4) is 0 Å². The summed E-state index contributed by atoms with van der Waals surface area (Å²) in [6.45, 7) is 4.13. The van der Waals surface area contributed by atoms with Crippen LogP contribution in [0.2, 0.25) is 5.02 Å². The van der Waals surface area contributed by atoms with Gasteiger partial charge < -0.3 is 5.32 Å². The van der Waals surface area contributed by atoms with E-state index >= 15 is 0 Å². The number of anilines is 1. The van der Waals surface area contributed by atoms with Crippen molar-refractivity contribution in [1.29, 1.82) is 0 Å². The van der Waals surface area contributed by atoms with Gasteiger partial charge in [0.25, 0.3) is 0 Å². The second-order valence-corrected chi connectivity index (χ2v) is 8.21. The van der Waals surface area contributed by atoms with Crippen molar-refractivity contribution in [3.05, 3.63) is 81.5 Å². The third-order valence-corrected chi connectivity index (χ3v) is 6.01. The molecule has 0 aliphatic carbocycles. The summed E-state index contributed by atoms with van der Waals surface area (Å²) in [5.74, 6) is 2.27. The Morgan fingerprint density at radius 2 is 2.04 bits per heavy atom. The molecule has 28 heavy (non-hydrogen) atoms. The number of amides is 1. The largest absolute Gasteiger partial charge is 0.307 e. The van der Waals surface area contributed by atoms with Gasteiger partial charge in [0, 0.05) is 28.2 Å². The lowest BCUT2D eigenvalue weighted by Gasteiger charge is -2.12. The maximum atomic E-state index is 12.6. The average Bonchev–Trinajstić information content (AvgIpc) is 3.24. The molecular formula is C22H20ClN3OS. The molecule has 1 aliphatic rings. The molecule has 0 saturated heterocycles. The molecule has 4 rings (SSSR count). The van der Waals surface area contributed by atoms with Gasteiger partial charge >= 0.3 is 0 Å². The van der Waals surface area contributed by atoms with Gasteiger partial charge in [0.2, 0.25) is 5.91 Å². The fraction of sp³-hybridized carbons (Fsp3) is 0.182. The fourth-order valence-corrected chi connectivity index (χ4v) is 4.53.